The summed E-state index contributed by atoms with van der Waals surface area (Å²) in [5.74, 6) is -0.000954. The number of carbonyl (C=O) groups is 1. The van der Waals surface area contributed by atoms with Crippen LogP contribution in [0.25, 0.3) is 0 Å². The number of aryl methyl sites for hydroxylation is 1. The smallest absolute Gasteiger partial charge is 0.238 e. The number of amides is 1. The molecular weight excluding hydrogens is 248 g/mol. The number of likely N-dealkylation sites (N-methyl/N-ethyl adjacent to an activating group) is 1. The highest BCUT2D eigenvalue weighted by Crippen LogP contribution is 2.19. The molecule has 1 amide bonds. The molecule has 0 bridgehead atoms. The van der Waals surface area contributed by atoms with Crippen LogP contribution in [-0.2, 0) is 4.79 Å². The molecular formula is C14H21ClN2O. The Morgan fingerprint density at radius 2 is 2.17 bits per heavy atom. The zero-order valence-corrected chi connectivity index (χ0v) is 12.0. The van der Waals surface area contributed by atoms with Crippen molar-refractivity contribution >= 4 is 23.2 Å². The van der Waals surface area contributed by atoms with Crippen molar-refractivity contribution in [2.75, 3.05) is 25.5 Å². The molecule has 0 saturated carbocycles. The van der Waals surface area contributed by atoms with E-state index in [1.807, 2.05) is 31.0 Å². The van der Waals surface area contributed by atoms with Gasteiger partial charge in [-0.3, -0.25) is 9.69 Å². The molecule has 0 heterocycles. The molecule has 100 valence electrons. The highest BCUT2D eigenvalue weighted by atomic mass is 35.5. The van der Waals surface area contributed by atoms with Gasteiger partial charge in [-0.2, -0.15) is 0 Å². The number of anilines is 1. The summed E-state index contributed by atoms with van der Waals surface area (Å²) in [5.41, 5.74) is 1.81. The molecule has 0 atom stereocenters. The van der Waals surface area contributed by atoms with Crippen molar-refractivity contribution in [2.45, 2.75) is 26.7 Å². The van der Waals surface area contributed by atoms with Crippen molar-refractivity contribution in [3.05, 3.63) is 28.8 Å². The van der Waals surface area contributed by atoms with Crippen LogP contribution in [0.2, 0.25) is 5.02 Å². The third-order valence-corrected chi connectivity index (χ3v) is 3.02. The number of benzene rings is 1. The molecule has 0 saturated heterocycles. The van der Waals surface area contributed by atoms with Gasteiger partial charge >= 0.3 is 0 Å². The minimum atomic E-state index is -0.000954. The normalized spacial score (nSPS) is 10.7. The van der Waals surface area contributed by atoms with Gasteiger partial charge in [-0.05, 0) is 44.6 Å². The summed E-state index contributed by atoms with van der Waals surface area (Å²) in [5, 5.41) is 3.53. The third-order valence-electron chi connectivity index (χ3n) is 2.78. The second-order valence-electron chi connectivity index (χ2n) is 4.60. The number of hydrogen-bond acceptors (Lipinski definition) is 2. The van der Waals surface area contributed by atoms with Gasteiger partial charge in [0.1, 0.15) is 0 Å². The van der Waals surface area contributed by atoms with Gasteiger partial charge in [0, 0.05) is 10.7 Å². The first kappa shape index (κ1) is 15.0. The Balaban J connectivity index is 2.51. The van der Waals surface area contributed by atoms with Crippen molar-refractivity contribution in [1.82, 2.24) is 4.90 Å². The molecule has 0 aliphatic carbocycles. The molecule has 0 aromatic heterocycles. The van der Waals surface area contributed by atoms with Gasteiger partial charge in [0.05, 0.1) is 6.54 Å². The SMILES string of the molecule is CCCCN(C)CC(=O)Nc1cc(Cl)ccc1C. The summed E-state index contributed by atoms with van der Waals surface area (Å²) in [6, 6.07) is 5.50. The number of unbranched alkanes of at least 4 members (excludes halogenated alkanes) is 1. The monoisotopic (exact) mass is 268 g/mol. The van der Waals surface area contributed by atoms with E-state index in [1.54, 1.807) is 6.07 Å². The van der Waals surface area contributed by atoms with Crippen molar-refractivity contribution < 1.29 is 4.79 Å². The first-order valence-corrected chi connectivity index (χ1v) is 6.65. The standard InChI is InChI=1S/C14H21ClN2O/c1-4-5-8-17(3)10-14(18)16-13-9-12(15)7-6-11(13)2/h6-7,9H,4-5,8,10H2,1-3H3,(H,16,18). The Morgan fingerprint density at radius 3 is 2.83 bits per heavy atom. The highest BCUT2D eigenvalue weighted by Gasteiger charge is 2.08. The topological polar surface area (TPSA) is 32.3 Å². The van der Waals surface area contributed by atoms with Crippen molar-refractivity contribution in [3.8, 4) is 0 Å². The molecule has 3 nitrogen and oxygen atoms in total. The summed E-state index contributed by atoms with van der Waals surface area (Å²) in [4.78, 5) is 13.9. The quantitative estimate of drug-likeness (QED) is 0.858. The molecule has 0 fully saturated rings. The fourth-order valence-electron chi connectivity index (χ4n) is 1.67. The lowest BCUT2D eigenvalue weighted by Crippen LogP contribution is -2.31. The maximum Gasteiger partial charge on any atom is 0.238 e. The Bertz CT molecular complexity index is 407. The molecule has 0 unspecified atom stereocenters. The molecule has 0 aliphatic rings. The summed E-state index contributed by atoms with van der Waals surface area (Å²) in [7, 11) is 1.96. The molecule has 1 N–H and O–H groups in total. The molecule has 18 heavy (non-hydrogen) atoms. The minimum Gasteiger partial charge on any atom is -0.325 e. The Morgan fingerprint density at radius 1 is 1.44 bits per heavy atom. The lowest BCUT2D eigenvalue weighted by molar-refractivity contribution is -0.117. The van der Waals surface area contributed by atoms with Crippen LogP contribution in [0.1, 0.15) is 25.3 Å². The Labute approximate surface area is 114 Å². The van der Waals surface area contributed by atoms with Crippen molar-refractivity contribution in [2.24, 2.45) is 0 Å². The van der Waals surface area contributed by atoms with E-state index in [2.05, 4.69) is 12.2 Å². The molecule has 0 radical (unpaired) electrons. The third kappa shape index (κ3) is 5.07. The summed E-state index contributed by atoms with van der Waals surface area (Å²) >= 11 is 5.91. The maximum absolute atomic E-state index is 11.9. The van der Waals surface area contributed by atoms with Crippen LogP contribution in [0.3, 0.4) is 0 Å². The zero-order valence-electron chi connectivity index (χ0n) is 11.3. The predicted octanol–water partition coefficient (Wildman–Crippen LogP) is 3.32. The van der Waals surface area contributed by atoms with Crippen LogP contribution in [0, 0.1) is 6.92 Å². The number of carbonyl (C=O) groups excluding carboxylic acids is 1. The van der Waals surface area contributed by atoms with E-state index in [-0.39, 0.29) is 5.91 Å². The fourth-order valence-corrected chi connectivity index (χ4v) is 1.84. The minimum absolute atomic E-state index is 0.000954. The molecule has 1 aromatic rings. The Kier molecular flexibility index (Phi) is 6.16. The van der Waals surface area contributed by atoms with E-state index in [0.717, 1.165) is 30.6 Å². The van der Waals surface area contributed by atoms with Gasteiger partial charge in [-0.1, -0.05) is 31.0 Å². The number of nitrogens with one attached hydrogen (secondary N) is 1. The molecule has 1 rings (SSSR count). The van der Waals surface area contributed by atoms with E-state index in [4.69, 9.17) is 11.6 Å². The van der Waals surface area contributed by atoms with Crippen molar-refractivity contribution in [3.63, 3.8) is 0 Å². The largest absolute Gasteiger partial charge is 0.325 e. The lowest BCUT2D eigenvalue weighted by atomic mass is 10.2. The van der Waals surface area contributed by atoms with E-state index in [1.165, 1.54) is 0 Å². The number of hydrogen-bond donors (Lipinski definition) is 1. The second-order valence-corrected chi connectivity index (χ2v) is 5.04. The number of rotatable bonds is 6. The first-order valence-electron chi connectivity index (χ1n) is 6.27. The van der Waals surface area contributed by atoms with Gasteiger partial charge < -0.3 is 5.32 Å². The first-order chi connectivity index (χ1) is 8.52. The van der Waals surface area contributed by atoms with Crippen LogP contribution in [0.4, 0.5) is 5.69 Å². The van der Waals surface area contributed by atoms with Crippen LogP contribution >= 0.6 is 11.6 Å². The summed E-state index contributed by atoms with van der Waals surface area (Å²) in [6.07, 6.45) is 2.25. The second kappa shape index (κ2) is 7.39. The fraction of sp³-hybridized carbons (Fsp3) is 0.500. The van der Waals surface area contributed by atoms with Crippen LogP contribution < -0.4 is 5.32 Å². The van der Waals surface area contributed by atoms with E-state index >= 15 is 0 Å². The van der Waals surface area contributed by atoms with Gasteiger partial charge in [0.2, 0.25) is 5.91 Å². The van der Waals surface area contributed by atoms with Gasteiger partial charge in [0.15, 0.2) is 0 Å². The van der Waals surface area contributed by atoms with Crippen LogP contribution in [0.5, 0.6) is 0 Å². The van der Waals surface area contributed by atoms with Gasteiger partial charge in [-0.25, -0.2) is 0 Å². The van der Waals surface area contributed by atoms with Crippen LogP contribution in [-0.4, -0.2) is 30.9 Å². The molecule has 4 heteroatoms. The molecule has 1 aromatic carbocycles. The number of nitrogens with zero attached hydrogens (tertiary/aromatic N) is 1. The van der Waals surface area contributed by atoms with Crippen molar-refractivity contribution in [1.29, 1.82) is 0 Å². The summed E-state index contributed by atoms with van der Waals surface area (Å²) < 4.78 is 0. The van der Waals surface area contributed by atoms with Crippen LogP contribution in [0.15, 0.2) is 18.2 Å². The molecule has 0 spiro atoms. The Hall–Kier alpha value is -1.06. The highest BCUT2D eigenvalue weighted by molar-refractivity contribution is 6.31. The maximum atomic E-state index is 11.9. The average molecular weight is 269 g/mol. The van der Waals surface area contributed by atoms with E-state index in [0.29, 0.717) is 11.6 Å². The predicted molar refractivity (Wildman–Crippen MR) is 77.2 cm³/mol. The van der Waals surface area contributed by atoms with Gasteiger partial charge in [0.25, 0.3) is 0 Å². The van der Waals surface area contributed by atoms with Gasteiger partial charge in [-0.15, -0.1) is 0 Å². The lowest BCUT2D eigenvalue weighted by Gasteiger charge is -2.16. The molecule has 0 aliphatic heterocycles. The average Bonchev–Trinajstić information content (AvgIpc) is 2.31. The number of halogens is 1. The van der Waals surface area contributed by atoms with E-state index in [9.17, 15) is 4.79 Å². The summed E-state index contributed by atoms with van der Waals surface area (Å²) in [6.45, 7) is 5.44. The van der Waals surface area contributed by atoms with E-state index < -0.39 is 0 Å². The zero-order chi connectivity index (χ0) is 13.5.